The first kappa shape index (κ1) is 24.9. The third-order valence-electron chi connectivity index (χ3n) is 6.35. The number of fused-ring (bicyclic) bond motifs is 1. The molecule has 1 aromatic heterocycles. The van der Waals surface area contributed by atoms with Crippen LogP contribution in [0, 0.1) is 0 Å². The molecule has 7 heteroatoms. The fraction of sp³-hybridized carbons (Fsp3) is 0.357. The number of hydrogen-bond acceptors (Lipinski definition) is 5. The van der Waals surface area contributed by atoms with E-state index in [4.69, 9.17) is 4.98 Å². The van der Waals surface area contributed by atoms with E-state index >= 15 is 0 Å². The molecule has 182 valence electrons. The number of allylic oxidation sites excluding steroid dienone is 2. The molecule has 2 aromatic carbocycles. The molecule has 3 aromatic rings. The summed E-state index contributed by atoms with van der Waals surface area (Å²) in [5.74, 6) is 0.0640. The van der Waals surface area contributed by atoms with Crippen LogP contribution in [0.1, 0.15) is 67.9 Å². The lowest BCUT2D eigenvalue weighted by atomic mass is 9.97. The van der Waals surface area contributed by atoms with Crippen molar-refractivity contribution in [3.8, 4) is 0 Å². The summed E-state index contributed by atoms with van der Waals surface area (Å²) in [5, 5.41) is 4.02. The molecule has 1 heterocycles. The van der Waals surface area contributed by atoms with Gasteiger partial charge in [-0.1, -0.05) is 59.8 Å². The highest BCUT2D eigenvalue weighted by Crippen LogP contribution is 2.24. The number of carbonyl (C=O) groups is 2. The van der Waals surface area contributed by atoms with Gasteiger partial charge in [-0.2, -0.15) is 0 Å². The van der Waals surface area contributed by atoms with E-state index in [-0.39, 0.29) is 29.0 Å². The quantitative estimate of drug-likeness (QED) is 0.187. The Morgan fingerprint density at radius 2 is 1.89 bits per heavy atom. The van der Waals surface area contributed by atoms with Crippen LogP contribution < -0.4 is 10.9 Å². The summed E-state index contributed by atoms with van der Waals surface area (Å²) in [7, 11) is 0. The van der Waals surface area contributed by atoms with Crippen molar-refractivity contribution in [1.29, 1.82) is 0 Å². The average Bonchev–Trinajstić information content (AvgIpc) is 2.87. The summed E-state index contributed by atoms with van der Waals surface area (Å²) in [6.45, 7) is 3.95. The molecule has 0 spiro atoms. The maximum atomic E-state index is 13.3. The molecular formula is C28H31N3O3S. The van der Waals surface area contributed by atoms with Crippen LogP contribution in [0.2, 0.25) is 0 Å². The van der Waals surface area contributed by atoms with E-state index in [1.807, 2.05) is 43.3 Å². The molecule has 6 nitrogen and oxygen atoms in total. The van der Waals surface area contributed by atoms with Gasteiger partial charge in [0.05, 0.1) is 22.7 Å². The monoisotopic (exact) mass is 489 g/mol. The summed E-state index contributed by atoms with van der Waals surface area (Å²) >= 11 is 1.31. The highest BCUT2D eigenvalue weighted by atomic mass is 32.2. The first-order chi connectivity index (χ1) is 16.9. The number of para-hydroxylation sites is 1. The van der Waals surface area contributed by atoms with E-state index in [1.165, 1.54) is 37.1 Å². The number of thioether (sulfide) groups is 1. The summed E-state index contributed by atoms with van der Waals surface area (Å²) in [4.78, 5) is 42.3. The first-order valence-electron chi connectivity index (χ1n) is 12.1. The highest BCUT2D eigenvalue weighted by Gasteiger charge is 2.16. The van der Waals surface area contributed by atoms with Crippen LogP contribution in [0.25, 0.3) is 10.9 Å². The predicted molar refractivity (Wildman–Crippen MR) is 141 cm³/mol. The van der Waals surface area contributed by atoms with Crippen LogP contribution in [-0.4, -0.2) is 27.0 Å². The van der Waals surface area contributed by atoms with E-state index in [9.17, 15) is 14.4 Å². The molecule has 1 unspecified atom stereocenters. The average molecular weight is 490 g/mol. The van der Waals surface area contributed by atoms with Gasteiger partial charge in [0.15, 0.2) is 10.9 Å². The van der Waals surface area contributed by atoms with Gasteiger partial charge in [-0.3, -0.25) is 19.0 Å². The summed E-state index contributed by atoms with van der Waals surface area (Å²) in [6, 6.07) is 14.5. The number of carbonyl (C=O) groups excluding carboxylic acids is 2. The lowest BCUT2D eigenvalue weighted by molar-refractivity contribution is -0.119. The fourth-order valence-corrected chi connectivity index (χ4v) is 5.32. The Labute approximate surface area is 209 Å². The van der Waals surface area contributed by atoms with Gasteiger partial charge in [-0.15, -0.1) is 0 Å². The van der Waals surface area contributed by atoms with Crippen LogP contribution in [0.5, 0.6) is 0 Å². The van der Waals surface area contributed by atoms with E-state index in [0.717, 1.165) is 24.8 Å². The number of aromatic nitrogens is 2. The maximum Gasteiger partial charge on any atom is 0.262 e. The standard InChI is InChI=1S/C28H31N3O3S/c1-19(29-20(2)32)22-12-14-23(15-13-22)26(33)18-35-28-30-25-11-7-6-10-24(25)27(34)31(28)17-16-21-8-4-3-5-9-21/h6-8,10-15,19H,3-5,9,16-18H2,1-2H3,(H,29,32). The van der Waals surface area contributed by atoms with Crippen molar-refractivity contribution < 1.29 is 9.59 Å². The van der Waals surface area contributed by atoms with Crippen molar-refractivity contribution in [1.82, 2.24) is 14.9 Å². The SMILES string of the molecule is CC(=O)NC(C)c1ccc(C(=O)CSc2nc3ccccc3c(=O)n2CCC2=CCCCC2)cc1. The second-order valence-electron chi connectivity index (χ2n) is 8.98. The topological polar surface area (TPSA) is 81.1 Å². The molecule has 1 amide bonds. The van der Waals surface area contributed by atoms with Crippen LogP contribution in [0.4, 0.5) is 0 Å². The smallest absolute Gasteiger partial charge is 0.262 e. The third kappa shape index (κ3) is 6.28. The second kappa shape index (κ2) is 11.5. The molecule has 0 radical (unpaired) electrons. The number of hydrogen-bond donors (Lipinski definition) is 1. The molecule has 0 saturated heterocycles. The number of benzene rings is 2. The van der Waals surface area contributed by atoms with Crippen LogP contribution in [-0.2, 0) is 11.3 Å². The Morgan fingerprint density at radius 3 is 2.60 bits per heavy atom. The normalized spacial score (nSPS) is 14.4. The lowest BCUT2D eigenvalue weighted by Gasteiger charge is -2.16. The number of nitrogens with one attached hydrogen (secondary N) is 1. The van der Waals surface area contributed by atoms with E-state index in [1.54, 1.807) is 16.7 Å². The van der Waals surface area contributed by atoms with Crippen molar-refractivity contribution in [3.05, 3.63) is 81.7 Å². The van der Waals surface area contributed by atoms with E-state index in [0.29, 0.717) is 28.2 Å². The molecule has 0 bridgehead atoms. The van der Waals surface area contributed by atoms with Gasteiger partial charge >= 0.3 is 0 Å². The summed E-state index contributed by atoms with van der Waals surface area (Å²) in [6.07, 6.45) is 7.77. The Morgan fingerprint density at radius 1 is 1.11 bits per heavy atom. The Bertz CT molecular complexity index is 1310. The largest absolute Gasteiger partial charge is 0.350 e. The highest BCUT2D eigenvalue weighted by molar-refractivity contribution is 7.99. The predicted octanol–water partition coefficient (Wildman–Crippen LogP) is 5.46. The molecule has 0 aliphatic heterocycles. The van der Waals surface area contributed by atoms with Crippen molar-refractivity contribution in [3.63, 3.8) is 0 Å². The minimum Gasteiger partial charge on any atom is -0.350 e. The van der Waals surface area contributed by atoms with Gasteiger partial charge in [-0.25, -0.2) is 4.98 Å². The van der Waals surface area contributed by atoms with Gasteiger partial charge in [0.2, 0.25) is 5.91 Å². The number of Topliss-reactive ketones (excluding diaryl/α,β-unsaturated/α-hetero) is 1. The number of nitrogens with zero attached hydrogens (tertiary/aromatic N) is 2. The molecule has 35 heavy (non-hydrogen) atoms. The maximum absolute atomic E-state index is 13.3. The van der Waals surface area contributed by atoms with Crippen LogP contribution in [0.15, 0.2) is 70.1 Å². The van der Waals surface area contributed by atoms with Gasteiger partial charge in [0, 0.05) is 19.0 Å². The summed E-state index contributed by atoms with van der Waals surface area (Å²) in [5.41, 5.74) is 3.52. The number of rotatable bonds is 9. The molecule has 1 aliphatic rings. The van der Waals surface area contributed by atoms with Gasteiger partial charge < -0.3 is 5.32 Å². The van der Waals surface area contributed by atoms with Gasteiger partial charge in [0.25, 0.3) is 5.56 Å². The Balaban J connectivity index is 1.51. The molecule has 4 rings (SSSR count). The minimum absolute atomic E-state index is 0.0299. The lowest BCUT2D eigenvalue weighted by Crippen LogP contribution is -2.24. The van der Waals surface area contributed by atoms with Crippen molar-refractivity contribution >= 4 is 34.4 Å². The molecule has 1 N–H and O–H groups in total. The van der Waals surface area contributed by atoms with Crippen molar-refractivity contribution in [2.45, 2.75) is 63.7 Å². The third-order valence-corrected chi connectivity index (χ3v) is 7.33. The van der Waals surface area contributed by atoms with E-state index in [2.05, 4.69) is 11.4 Å². The molecular weight excluding hydrogens is 458 g/mol. The fourth-order valence-electron chi connectivity index (χ4n) is 4.40. The van der Waals surface area contributed by atoms with Crippen LogP contribution >= 0.6 is 11.8 Å². The van der Waals surface area contributed by atoms with Gasteiger partial charge in [-0.05, 0) is 56.7 Å². The number of ketones is 1. The van der Waals surface area contributed by atoms with E-state index < -0.39 is 0 Å². The number of amides is 1. The molecule has 0 fully saturated rings. The molecule has 0 saturated carbocycles. The Kier molecular flexibility index (Phi) is 8.18. The van der Waals surface area contributed by atoms with Crippen molar-refractivity contribution in [2.24, 2.45) is 0 Å². The second-order valence-corrected chi connectivity index (χ2v) is 9.93. The zero-order valence-electron chi connectivity index (χ0n) is 20.3. The Hall–Kier alpha value is -3.19. The van der Waals surface area contributed by atoms with Gasteiger partial charge in [0.1, 0.15) is 0 Å². The zero-order chi connectivity index (χ0) is 24.8. The minimum atomic E-state index is -0.124. The molecule has 1 atom stereocenters. The zero-order valence-corrected chi connectivity index (χ0v) is 21.1. The first-order valence-corrected chi connectivity index (χ1v) is 13.1. The van der Waals surface area contributed by atoms with Crippen LogP contribution in [0.3, 0.4) is 0 Å². The summed E-state index contributed by atoms with van der Waals surface area (Å²) < 4.78 is 1.73. The van der Waals surface area contributed by atoms with Crippen molar-refractivity contribution in [2.75, 3.05) is 5.75 Å². The molecule has 1 aliphatic carbocycles.